The van der Waals surface area contributed by atoms with Gasteiger partial charge in [-0.15, -0.1) is 0 Å². The van der Waals surface area contributed by atoms with Gasteiger partial charge < -0.3 is 5.32 Å². The molecule has 29 heavy (non-hydrogen) atoms. The molecule has 5 aromatic rings. The molecule has 2 heterocycles. The van der Waals surface area contributed by atoms with Crippen molar-refractivity contribution in [3.63, 3.8) is 0 Å². The number of anilines is 2. The zero-order valence-electron chi connectivity index (χ0n) is 15.4. The van der Waals surface area contributed by atoms with Crippen molar-refractivity contribution in [2.75, 3.05) is 5.32 Å². The summed E-state index contributed by atoms with van der Waals surface area (Å²) >= 11 is 0. The maximum atomic E-state index is 12.5. The molecule has 5 rings (SSSR count). The Morgan fingerprint density at radius 1 is 0.828 bits per heavy atom. The molecular formula is C23H17N5O. The second-order valence-electron chi connectivity index (χ2n) is 6.64. The van der Waals surface area contributed by atoms with Gasteiger partial charge in [-0.2, -0.15) is 5.10 Å². The first-order chi connectivity index (χ1) is 14.3. The van der Waals surface area contributed by atoms with Gasteiger partial charge in [-0.25, -0.2) is 19.4 Å². The summed E-state index contributed by atoms with van der Waals surface area (Å²) in [6.07, 6.45) is 1.70. The molecule has 0 saturated carbocycles. The summed E-state index contributed by atoms with van der Waals surface area (Å²) in [5, 5.41) is 12.3. The lowest BCUT2D eigenvalue weighted by molar-refractivity contribution is 0.987. The zero-order chi connectivity index (χ0) is 19.6. The summed E-state index contributed by atoms with van der Waals surface area (Å²) in [6, 6.07) is 27.5. The number of nitrogens with zero attached hydrogens (tertiary/aromatic N) is 3. The van der Waals surface area contributed by atoms with Crippen LogP contribution in [-0.2, 0) is 0 Å². The molecule has 2 N–H and O–H groups in total. The predicted molar refractivity (Wildman–Crippen MR) is 115 cm³/mol. The van der Waals surface area contributed by atoms with Gasteiger partial charge in [-0.1, -0.05) is 48.5 Å². The molecule has 0 amide bonds. The first kappa shape index (κ1) is 16.9. The van der Waals surface area contributed by atoms with E-state index < -0.39 is 0 Å². The molecule has 0 fully saturated rings. The average molecular weight is 379 g/mol. The molecule has 6 heteroatoms. The third-order valence-electron chi connectivity index (χ3n) is 4.73. The number of pyridine rings is 1. The quantitative estimate of drug-likeness (QED) is 0.481. The van der Waals surface area contributed by atoms with E-state index in [9.17, 15) is 4.79 Å². The molecule has 0 spiro atoms. The van der Waals surface area contributed by atoms with Crippen molar-refractivity contribution in [1.29, 1.82) is 0 Å². The Kier molecular flexibility index (Phi) is 4.14. The van der Waals surface area contributed by atoms with Crippen molar-refractivity contribution in [1.82, 2.24) is 19.7 Å². The van der Waals surface area contributed by atoms with Crippen LogP contribution in [0.1, 0.15) is 0 Å². The Morgan fingerprint density at radius 3 is 2.48 bits per heavy atom. The fourth-order valence-electron chi connectivity index (χ4n) is 3.35. The molecule has 0 atom stereocenters. The zero-order valence-corrected chi connectivity index (χ0v) is 15.4. The maximum absolute atomic E-state index is 12.5. The van der Waals surface area contributed by atoms with Gasteiger partial charge >= 0.3 is 5.69 Å². The molecule has 2 aromatic heterocycles. The largest absolute Gasteiger partial charge is 0.348 e. The minimum Gasteiger partial charge on any atom is -0.340 e. The fraction of sp³-hybridized carbons (Fsp3) is 0. The van der Waals surface area contributed by atoms with Crippen molar-refractivity contribution in [2.24, 2.45) is 0 Å². The Labute approximate surface area is 166 Å². The lowest BCUT2D eigenvalue weighted by Crippen LogP contribution is -2.15. The number of rotatable bonds is 4. The number of para-hydroxylation sites is 1. The molecular weight excluding hydrogens is 362 g/mol. The van der Waals surface area contributed by atoms with Crippen LogP contribution in [0, 0.1) is 0 Å². The number of H-pyrrole nitrogens is 1. The van der Waals surface area contributed by atoms with Gasteiger partial charge in [0.2, 0.25) is 0 Å². The number of nitrogens with one attached hydrogen (secondary N) is 2. The topological polar surface area (TPSA) is 75.6 Å². The molecule has 0 aliphatic rings. The average Bonchev–Trinajstić information content (AvgIpc) is 3.16. The first-order valence-corrected chi connectivity index (χ1v) is 9.23. The van der Waals surface area contributed by atoms with E-state index in [0.717, 1.165) is 27.7 Å². The second kappa shape index (κ2) is 7.09. The van der Waals surface area contributed by atoms with Crippen LogP contribution in [0.25, 0.3) is 27.8 Å². The van der Waals surface area contributed by atoms with Crippen molar-refractivity contribution < 1.29 is 0 Å². The number of fused-ring (bicyclic) bond motifs is 1. The summed E-state index contributed by atoms with van der Waals surface area (Å²) in [6.45, 7) is 0. The molecule has 0 aliphatic carbocycles. The Balaban J connectivity index is 1.57. The molecule has 0 radical (unpaired) electrons. The van der Waals surface area contributed by atoms with E-state index in [4.69, 9.17) is 0 Å². The summed E-state index contributed by atoms with van der Waals surface area (Å²) in [4.78, 5) is 16.9. The third-order valence-corrected chi connectivity index (χ3v) is 4.73. The number of aromatic amines is 1. The van der Waals surface area contributed by atoms with Gasteiger partial charge in [0.25, 0.3) is 0 Å². The Hall–Kier alpha value is -4.19. The van der Waals surface area contributed by atoms with Gasteiger partial charge in [-0.3, -0.25) is 0 Å². The van der Waals surface area contributed by atoms with E-state index in [-0.39, 0.29) is 5.69 Å². The van der Waals surface area contributed by atoms with Crippen molar-refractivity contribution in [3.8, 4) is 17.1 Å². The summed E-state index contributed by atoms with van der Waals surface area (Å²) in [7, 11) is 0. The number of aromatic nitrogens is 4. The molecule has 0 unspecified atom stereocenters. The van der Waals surface area contributed by atoms with Crippen molar-refractivity contribution in [2.45, 2.75) is 0 Å². The number of benzene rings is 3. The molecule has 6 nitrogen and oxygen atoms in total. The monoisotopic (exact) mass is 379 g/mol. The minimum atomic E-state index is -0.287. The third kappa shape index (κ3) is 3.27. The van der Waals surface area contributed by atoms with E-state index in [2.05, 4.69) is 20.5 Å². The molecule has 0 bridgehead atoms. The second-order valence-corrected chi connectivity index (χ2v) is 6.64. The van der Waals surface area contributed by atoms with E-state index in [1.165, 1.54) is 0 Å². The van der Waals surface area contributed by atoms with Crippen LogP contribution in [0.15, 0.2) is 95.9 Å². The molecule has 3 aromatic carbocycles. The van der Waals surface area contributed by atoms with Crippen LogP contribution in [0.4, 0.5) is 11.5 Å². The molecule has 0 aliphatic heterocycles. The lowest BCUT2D eigenvalue weighted by atomic mass is 10.1. The highest BCUT2D eigenvalue weighted by Gasteiger charge is 2.14. The van der Waals surface area contributed by atoms with Gasteiger partial charge in [0.05, 0.1) is 5.69 Å². The number of hydrogen-bond acceptors (Lipinski definition) is 4. The summed E-state index contributed by atoms with van der Waals surface area (Å²) in [5.74, 6) is 1.21. The number of hydrogen-bond donors (Lipinski definition) is 2. The lowest BCUT2D eigenvalue weighted by Gasteiger charge is -2.09. The minimum absolute atomic E-state index is 0.287. The van der Waals surface area contributed by atoms with Crippen LogP contribution >= 0.6 is 0 Å². The predicted octanol–water partition coefficient (Wildman–Crippen LogP) is 4.52. The Morgan fingerprint density at radius 2 is 1.62 bits per heavy atom. The highest BCUT2D eigenvalue weighted by atomic mass is 16.1. The SMILES string of the molecule is O=c1[nH]nc(-c2ccnc(Nc3ccccc3)c2)n1-c1ccc2ccccc2c1. The van der Waals surface area contributed by atoms with E-state index in [1.54, 1.807) is 10.8 Å². The van der Waals surface area contributed by atoms with Crippen LogP contribution in [0.2, 0.25) is 0 Å². The summed E-state index contributed by atoms with van der Waals surface area (Å²) in [5.41, 5.74) is 2.19. The summed E-state index contributed by atoms with van der Waals surface area (Å²) < 4.78 is 1.58. The van der Waals surface area contributed by atoms with Crippen molar-refractivity contribution >= 4 is 22.3 Å². The fourth-order valence-corrected chi connectivity index (χ4v) is 3.35. The van der Waals surface area contributed by atoms with Crippen LogP contribution in [0.5, 0.6) is 0 Å². The van der Waals surface area contributed by atoms with Gasteiger partial charge in [0.1, 0.15) is 5.82 Å². The molecule has 140 valence electrons. The first-order valence-electron chi connectivity index (χ1n) is 9.23. The van der Waals surface area contributed by atoms with Gasteiger partial charge in [0, 0.05) is 17.4 Å². The van der Waals surface area contributed by atoms with Gasteiger partial charge in [-0.05, 0) is 47.2 Å². The van der Waals surface area contributed by atoms with Crippen LogP contribution in [0.3, 0.4) is 0 Å². The molecule has 0 saturated heterocycles. The highest BCUT2D eigenvalue weighted by Crippen LogP contribution is 2.24. The van der Waals surface area contributed by atoms with Crippen molar-refractivity contribution in [3.05, 3.63) is 102 Å². The van der Waals surface area contributed by atoms with Crippen LogP contribution < -0.4 is 11.0 Å². The van der Waals surface area contributed by atoms with E-state index >= 15 is 0 Å². The van der Waals surface area contributed by atoms with Gasteiger partial charge in [0.15, 0.2) is 5.82 Å². The Bertz CT molecular complexity index is 1350. The van der Waals surface area contributed by atoms with E-state index in [1.807, 2.05) is 84.9 Å². The highest BCUT2D eigenvalue weighted by molar-refractivity contribution is 5.84. The standard InChI is InChI=1S/C23H17N5O/c29-23-27-26-22(28(23)20-11-10-16-6-4-5-7-17(16)14-20)18-12-13-24-21(15-18)25-19-8-2-1-3-9-19/h1-15H,(H,24,25)(H,27,29). The van der Waals surface area contributed by atoms with E-state index in [0.29, 0.717) is 11.6 Å². The smallest absolute Gasteiger partial charge is 0.340 e. The maximum Gasteiger partial charge on any atom is 0.348 e. The van der Waals surface area contributed by atoms with Crippen LogP contribution in [-0.4, -0.2) is 19.7 Å². The normalized spacial score (nSPS) is 10.9.